The maximum atomic E-state index is 10.5. The molecule has 0 bridgehead atoms. The van der Waals surface area contributed by atoms with Gasteiger partial charge in [-0.25, -0.2) is 9.78 Å². The van der Waals surface area contributed by atoms with Gasteiger partial charge in [0.05, 0.1) is 6.61 Å². The number of carboxylic acid groups (broad SMARTS) is 1. The Kier molecular flexibility index (Phi) is 5.64. The van der Waals surface area contributed by atoms with Gasteiger partial charge in [0.1, 0.15) is 11.4 Å². The molecule has 0 amide bonds. The second-order valence-electron chi connectivity index (χ2n) is 3.79. The van der Waals surface area contributed by atoms with Gasteiger partial charge in [-0.15, -0.1) is 6.58 Å². The second kappa shape index (κ2) is 7.27. The summed E-state index contributed by atoms with van der Waals surface area (Å²) >= 11 is 0. The van der Waals surface area contributed by atoms with Gasteiger partial charge >= 0.3 is 5.97 Å². The molecule has 1 aromatic heterocycles. The number of nitrogens with zero attached hydrogens (tertiary/aromatic N) is 1. The summed E-state index contributed by atoms with van der Waals surface area (Å²) in [7, 11) is 0. The van der Waals surface area contributed by atoms with Crippen LogP contribution in [0.25, 0.3) is 6.08 Å². The molecule has 0 saturated carbocycles. The highest BCUT2D eigenvalue weighted by molar-refractivity contribution is 5.85. The average Bonchev–Trinajstić information content (AvgIpc) is 2.34. The third kappa shape index (κ3) is 4.82. The van der Waals surface area contributed by atoms with Crippen LogP contribution in [0.5, 0.6) is 5.75 Å². The molecule has 0 atom stereocenters. The fraction of sp³-hybridized carbons (Fsp3) is 0.286. The number of hydrogen-bond donors (Lipinski definition) is 1. The Labute approximate surface area is 107 Å². The van der Waals surface area contributed by atoms with Crippen molar-refractivity contribution in [2.75, 3.05) is 6.61 Å². The van der Waals surface area contributed by atoms with E-state index in [2.05, 4.69) is 11.6 Å². The predicted molar refractivity (Wildman–Crippen MR) is 70.6 cm³/mol. The molecule has 0 saturated heterocycles. The fourth-order valence-electron chi connectivity index (χ4n) is 1.37. The summed E-state index contributed by atoms with van der Waals surface area (Å²) in [6.07, 6.45) is 6.09. The number of hydrogen-bond acceptors (Lipinski definition) is 3. The molecular formula is C14H17NO3. The van der Waals surface area contributed by atoms with Crippen molar-refractivity contribution in [1.29, 1.82) is 0 Å². The first-order valence-corrected chi connectivity index (χ1v) is 5.76. The highest BCUT2D eigenvalue weighted by Gasteiger charge is 2.03. The number of unbranched alkanes of at least 4 members (excludes halogenated alkanes) is 1. The maximum absolute atomic E-state index is 10.5. The molecule has 0 aromatic carbocycles. The van der Waals surface area contributed by atoms with E-state index in [9.17, 15) is 4.79 Å². The summed E-state index contributed by atoms with van der Waals surface area (Å²) in [6.45, 7) is 6.05. The molecule has 0 aliphatic rings. The normalized spacial score (nSPS) is 10.5. The summed E-state index contributed by atoms with van der Waals surface area (Å²) < 4.78 is 5.57. The van der Waals surface area contributed by atoms with Gasteiger partial charge in [0, 0.05) is 11.8 Å². The molecule has 1 rings (SSSR count). The summed E-state index contributed by atoms with van der Waals surface area (Å²) in [4.78, 5) is 14.8. The summed E-state index contributed by atoms with van der Waals surface area (Å²) in [5.74, 6) is -0.405. The van der Waals surface area contributed by atoms with Crippen molar-refractivity contribution >= 4 is 12.0 Å². The lowest BCUT2D eigenvalue weighted by molar-refractivity contribution is -0.131. The number of ether oxygens (including phenoxy) is 1. The van der Waals surface area contributed by atoms with Gasteiger partial charge in [-0.2, -0.15) is 0 Å². The van der Waals surface area contributed by atoms with Crippen LogP contribution in [0.3, 0.4) is 0 Å². The number of allylic oxidation sites excluding steroid dienone is 1. The molecule has 4 heteroatoms. The van der Waals surface area contributed by atoms with Crippen molar-refractivity contribution < 1.29 is 14.6 Å². The van der Waals surface area contributed by atoms with Crippen LogP contribution in [0.2, 0.25) is 0 Å². The van der Waals surface area contributed by atoms with Crippen molar-refractivity contribution in [3.63, 3.8) is 0 Å². The zero-order valence-electron chi connectivity index (χ0n) is 10.4. The largest absolute Gasteiger partial charge is 0.491 e. The maximum Gasteiger partial charge on any atom is 0.328 e. The molecular weight excluding hydrogens is 230 g/mol. The van der Waals surface area contributed by atoms with Gasteiger partial charge in [-0.05, 0) is 38.0 Å². The molecule has 0 spiro atoms. The Balaban J connectivity index is 2.76. The minimum Gasteiger partial charge on any atom is -0.491 e. The van der Waals surface area contributed by atoms with Crippen LogP contribution in [-0.4, -0.2) is 22.7 Å². The quantitative estimate of drug-likeness (QED) is 0.457. The van der Waals surface area contributed by atoms with Crippen LogP contribution in [0.15, 0.2) is 30.9 Å². The number of rotatable bonds is 7. The first-order chi connectivity index (χ1) is 8.63. The topological polar surface area (TPSA) is 59.4 Å². The highest BCUT2D eigenvalue weighted by Crippen LogP contribution is 2.18. The molecule has 1 N–H and O–H groups in total. The first kappa shape index (κ1) is 14.0. The van der Waals surface area contributed by atoms with Crippen LogP contribution < -0.4 is 4.74 Å². The zero-order chi connectivity index (χ0) is 13.4. The SMILES string of the molecule is C=CCCCOc1ccc(C)nc1C=CC(=O)O. The van der Waals surface area contributed by atoms with E-state index in [0.29, 0.717) is 18.1 Å². The van der Waals surface area contributed by atoms with Gasteiger partial charge < -0.3 is 9.84 Å². The molecule has 4 nitrogen and oxygen atoms in total. The van der Waals surface area contributed by atoms with E-state index < -0.39 is 5.97 Å². The Morgan fingerprint density at radius 2 is 2.33 bits per heavy atom. The number of pyridine rings is 1. The molecule has 0 aliphatic carbocycles. The molecule has 0 aliphatic heterocycles. The second-order valence-corrected chi connectivity index (χ2v) is 3.79. The Morgan fingerprint density at radius 3 is 3.00 bits per heavy atom. The standard InChI is InChI=1S/C14H17NO3/c1-3-4-5-10-18-13-8-6-11(2)15-12(13)7-9-14(16)17/h3,6-9H,1,4-5,10H2,2H3,(H,16,17). The Morgan fingerprint density at radius 1 is 1.56 bits per heavy atom. The lowest BCUT2D eigenvalue weighted by Crippen LogP contribution is -2.00. The number of carboxylic acids is 1. The van der Waals surface area contributed by atoms with E-state index in [1.165, 1.54) is 6.08 Å². The molecule has 1 aromatic rings. The van der Waals surface area contributed by atoms with Gasteiger partial charge in [-0.3, -0.25) is 0 Å². The minimum absolute atomic E-state index is 0.538. The molecule has 96 valence electrons. The molecule has 18 heavy (non-hydrogen) atoms. The first-order valence-electron chi connectivity index (χ1n) is 5.76. The highest BCUT2D eigenvalue weighted by atomic mass is 16.5. The van der Waals surface area contributed by atoms with Crippen LogP contribution in [0.4, 0.5) is 0 Å². The summed E-state index contributed by atoms with van der Waals surface area (Å²) in [6, 6.07) is 3.64. The van der Waals surface area contributed by atoms with E-state index in [-0.39, 0.29) is 0 Å². The van der Waals surface area contributed by atoms with Gasteiger partial charge in [-0.1, -0.05) is 6.08 Å². The van der Waals surface area contributed by atoms with Crippen LogP contribution in [0.1, 0.15) is 24.2 Å². The van der Waals surface area contributed by atoms with E-state index in [1.54, 1.807) is 6.07 Å². The minimum atomic E-state index is -1.00. The van der Waals surface area contributed by atoms with Gasteiger partial charge in [0.15, 0.2) is 0 Å². The summed E-state index contributed by atoms with van der Waals surface area (Å²) in [5.41, 5.74) is 1.36. The Hall–Kier alpha value is -2.10. The molecule has 0 fully saturated rings. The average molecular weight is 247 g/mol. The van der Waals surface area contributed by atoms with Crippen LogP contribution >= 0.6 is 0 Å². The molecule has 0 unspecified atom stereocenters. The van der Waals surface area contributed by atoms with Crippen LogP contribution in [-0.2, 0) is 4.79 Å². The van der Waals surface area contributed by atoms with Crippen molar-refractivity contribution in [3.8, 4) is 5.75 Å². The predicted octanol–water partition coefficient (Wildman–Crippen LogP) is 2.83. The van der Waals surface area contributed by atoms with E-state index in [1.807, 2.05) is 19.1 Å². The Bertz CT molecular complexity index is 452. The van der Waals surface area contributed by atoms with E-state index in [4.69, 9.17) is 9.84 Å². The monoisotopic (exact) mass is 247 g/mol. The number of aryl methyl sites for hydroxylation is 1. The van der Waals surface area contributed by atoms with Crippen molar-refractivity contribution in [3.05, 3.63) is 42.3 Å². The van der Waals surface area contributed by atoms with E-state index >= 15 is 0 Å². The zero-order valence-corrected chi connectivity index (χ0v) is 10.4. The smallest absolute Gasteiger partial charge is 0.328 e. The fourth-order valence-corrected chi connectivity index (χ4v) is 1.37. The lowest BCUT2D eigenvalue weighted by Gasteiger charge is -2.08. The number of carbonyl (C=O) groups is 1. The van der Waals surface area contributed by atoms with Crippen molar-refractivity contribution in [2.45, 2.75) is 19.8 Å². The van der Waals surface area contributed by atoms with E-state index in [0.717, 1.165) is 24.6 Å². The van der Waals surface area contributed by atoms with Gasteiger partial charge in [0.2, 0.25) is 0 Å². The number of aromatic nitrogens is 1. The van der Waals surface area contributed by atoms with Crippen LogP contribution in [0, 0.1) is 6.92 Å². The summed E-state index contributed by atoms with van der Waals surface area (Å²) in [5, 5.41) is 8.61. The molecule has 1 heterocycles. The lowest BCUT2D eigenvalue weighted by atomic mass is 10.2. The third-order valence-electron chi connectivity index (χ3n) is 2.22. The van der Waals surface area contributed by atoms with Crippen molar-refractivity contribution in [2.24, 2.45) is 0 Å². The third-order valence-corrected chi connectivity index (χ3v) is 2.22. The van der Waals surface area contributed by atoms with Gasteiger partial charge in [0.25, 0.3) is 0 Å². The van der Waals surface area contributed by atoms with Crippen molar-refractivity contribution in [1.82, 2.24) is 4.98 Å². The number of aliphatic carboxylic acids is 1. The molecule has 0 radical (unpaired) electrons.